The van der Waals surface area contributed by atoms with Gasteiger partial charge in [-0.05, 0) is 51.8 Å². The lowest BCUT2D eigenvalue weighted by atomic mass is 9.65. The van der Waals surface area contributed by atoms with Crippen molar-refractivity contribution in [2.75, 3.05) is 5.32 Å². The smallest absolute Gasteiger partial charge is 0.307 e. The van der Waals surface area contributed by atoms with Gasteiger partial charge >= 0.3 is 11.9 Å². The fourth-order valence-electron chi connectivity index (χ4n) is 4.60. The zero-order valence-corrected chi connectivity index (χ0v) is 19.4. The molecule has 0 aromatic heterocycles. The largest absolute Gasteiger partial charge is 0.460 e. The summed E-state index contributed by atoms with van der Waals surface area (Å²) in [4.78, 5) is 37.6. The number of ketones is 1. The van der Waals surface area contributed by atoms with Gasteiger partial charge in [-0.1, -0.05) is 35.4 Å². The lowest BCUT2D eigenvalue weighted by Gasteiger charge is -2.42. The summed E-state index contributed by atoms with van der Waals surface area (Å²) in [5, 5.41) is 3.33. The second kappa shape index (κ2) is 10.2. The molecule has 1 aliphatic heterocycles. The molecule has 1 spiro atoms. The third-order valence-corrected chi connectivity index (χ3v) is 6.21. The van der Waals surface area contributed by atoms with Crippen LogP contribution in [0.25, 0.3) is 0 Å². The van der Waals surface area contributed by atoms with Crippen LogP contribution in [-0.2, 0) is 23.9 Å². The number of allylic oxidation sites excluding steroid dienone is 3. The number of hydrogen-bond donors (Lipinski definition) is 1. The number of benzene rings is 1. The predicted molar refractivity (Wildman–Crippen MR) is 123 cm³/mol. The maximum absolute atomic E-state index is 13.4. The minimum absolute atomic E-state index is 0.0179. The van der Waals surface area contributed by atoms with Crippen LogP contribution in [0.1, 0.15) is 59.8 Å². The van der Waals surface area contributed by atoms with E-state index in [9.17, 15) is 14.4 Å². The van der Waals surface area contributed by atoms with Crippen molar-refractivity contribution in [3.05, 3.63) is 53.6 Å². The minimum Gasteiger partial charge on any atom is -0.460 e. The Kier molecular flexibility index (Phi) is 7.54. The first-order valence-electron chi connectivity index (χ1n) is 11.2. The molecule has 1 heterocycles. The van der Waals surface area contributed by atoms with Crippen molar-refractivity contribution < 1.29 is 23.9 Å². The number of esters is 2. The lowest BCUT2D eigenvalue weighted by molar-refractivity contribution is -0.156. The Morgan fingerprint density at radius 3 is 2.56 bits per heavy atom. The summed E-state index contributed by atoms with van der Waals surface area (Å²) < 4.78 is 11.3. The van der Waals surface area contributed by atoms with Crippen LogP contribution in [0.2, 0.25) is 0 Å². The van der Waals surface area contributed by atoms with E-state index in [-0.39, 0.29) is 37.1 Å². The first-order chi connectivity index (χ1) is 15.2. The lowest BCUT2D eigenvalue weighted by Crippen LogP contribution is -2.54. The zero-order valence-electron chi connectivity index (χ0n) is 19.4. The Labute approximate surface area is 190 Å². The van der Waals surface area contributed by atoms with E-state index in [2.05, 4.69) is 25.2 Å². The molecule has 3 rings (SSSR count). The van der Waals surface area contributed by atoms with Gasteiger partial charge in [0.15, 0.2) is 0 Å². The summed E-state index contributed by atoms with van der Waals surface area (Å²) in [5.74, 6) is -0.819. The number of hydrogen-bond acceptors (Lipinski definition) is 6. The van der Waals surface area contributed by atoms with Crippen LogP contribution < -0.4 is 5.32 Å². The van der Waals surface area contributed by atoms with Crippen molar-refractivity contribution in [1.82, 2.24) is 0 Å². The van der Waals surface area contributed by atoms with Gasteiger partial charge in [0.05, 0.1) is 17.9 Å². The van der Waals surface area contributed by atoms with Gasteiger partial charge in [0.2, 0.25) is 0 Å². The Hall–Kier alpha value is -2.89. The molecule has 0 radical (unpaired) electrons. The topological polar surface area (TPSA) is 81.7 Å². The molecule has 6 nitrogen and oxygen atoms in total. The number of cyclic esters (lactones) is 1. The molecule has 1 aliphatic carbocycles. The van der Waals surface area contributed by atoms with E-state index >= 15 is 0 Å². The molecule has 1 aromatic carbocycles. The molecule has 172 valence electrons. The van der Waals surface area contributed by atoms with Crippen molar-refractivity contribution in [1.29, 1.82) is 0 Å². The highest BCUT2D eigenvalue weighted by Gasteiger charge is 2.58. The van der Waals surface area contributed by atoms with Crippen molar-refractivity contribution in [2.45, 2.75) is 78.0 Å². The van der Waals surface area contributed by atoms with E-state index in [1.54, 1.807) is 0 Å². The summed E-state index contributed by atoms with van der Waals surface area (Å²) in [6.07, 6.45) is 5.05. The summed E-state index contributed by atoms with van der Waals surface area (Å²) in [6, 6.07) is 9.16. The van der Waals surface area contributed by atoms with Crippen molar-refractivity contribution in [3.8, 4) is 0 Å². The first-order valence-corrected chi connectivity index (χ1v) is 11.2. The number of carbonyl (C=O) groups excluding carboxylic acids is 3. The number of carbonyl (C=O) groups is 3. The monoisotopic (exact) mass is 439 g/mol. The quantitative estimate of drug-likeness (QED) is 0.487. The number of rotatable bonds is 7. The van der Waals surface area contributed by atoms with Gasteiger partial charge in [0.25, 0.3) is 0 Å². The van der Waals surface area contributed by atoms with E-state index in [0.29, 0.717) is 0 Å². The summed E-state index contributed by atoms with van der Waals surface area (Å²) >= 11 is 0. The normalized spacial score (nSPS) is 27.8. The second-order valence-electron chi connectivity index (χ2n) is 9.17. The van der Waals surface area contributed by atoms with E-state index in [0.717, 1.165) is 24.1 Å². The number of nitrogens with one attached hydrogen (secondary N) is 1. The standard InChI is InChI=1S/C26H33NO5/c1-17(2)9-8-10-18(3)13-24-26(16-25(30)32-24)15-22(31-19(4)28)21(14-23(26)29)27-20-11-6-5-7-12-20/h5-7,9,11-13,21-22,24,27H,8,10,14-16H2,1-4H3/b18-13+/t21-,22+,24-,26?/m1/s1. The SMILES string of the molecule is CC(=O)O[C@H]1CC2(CC(=O)O[C@@H]2/C=C(\C)CCC=C(C)C)C(=O)C[C@H]1Nc1ccccc1. The second-order valence-corrected chi connectivity index (χ2v) is 9.17. The Bertz CT molecular complexity index is 915. The average molecular weight is 440 g/mol. The molecule has 0 amide bonds. The van der Waals surface area contributed by atoms with E-state index in [1.807, 2.05) is 43.3 Å². The Morgan fingerprint density at radius 1 is 1.19 bits per heavy atom. The number of ether oxygens (including phenoxy) is 2. The van der Waals surface area contributed by atoms with Crippen molar-refractivity contribution in [3.63, 3.8) is 0 Å². The predicted octanol–water partition coefficient (Wildman–Crippen LogP) is 4.76. The van der Waals surface area contributed by atoms with Crippen LogP contribution in [0.3, 0.4) is 0 Å². The fraction of sp³-hybridized carbons (Fsp3) is 0.500. The molecule has 2 fully saturated rings. The Morgan fingerprint density at radius 2 is 1.91 bits per heavy atom. The van der Waals surface area contributed by atoms with Crippen LogP contribution in [0.15, 0.2) is 53.6 Å². The van der Waals surface area contributed by atoms with Crippen molar-refractivity contribution >= 4 is 23.4 Å². The zero-order chi connectivity index (χ0) is 23.3. The first kappa shape index (κ1) is 23.8. The van der Waals surface area contributed by atoms with Crippen LogP contribution in [0.4, 0.5) is 5.69 Å². The molecule has 0 bridgehead atoms. The van der Waals surface area contributed by atoms with Gasteiger partial charge in [-0.2, -0.15) is 0 Å². The molecule has 1 saturated heterocycles. The summed E-state index contributed by atoms with van der Waals surface area (Å²) in [6.45, 7) is 7.48. The van der Waals surface area contributed by atoms with Gasteiger partial charge < -0.3 is 14.8 Å². The fourth-order valence-corrected chi connectivity index (χ4v) is 4.60. The van der Waals surface area contributed by atoms with Gasteiger partial charge in [-0.25, -0.2) is 0 Å². The van der Waals surface area contributed by atoms with Crippen LogP contribution >= 0.6 is 0 Å². The van der Waals surface area contributed by atoms with Crippen molar-refractivity contribution in [2.24, 2.45) is 5.41 Å². The minimum atomic E-state index is -0.996. The van der Waals surface area contributed by atoms with Gasteiger partial charge in [-0.15, -0.1) is 0 Å². The number of para-hydroxylation sites is 1. The molecule has 2 aliphatic rings. The van der Waals surface area contributed by atoms with E-state index in [4.69, 9.17) is 9.47 Å². The molecule has 32 heavy (non-hydrogen) atoms. The van der Waals surface area contributed by atoms with Crippen LogP contribution in [0, 0.1) is 5.41 Å². The van der Waals surface area contributed by atoms with Gasteiger partial charge in [0.1, 0.15) is 18.0 Å². The third kappa shape index (κ3) is 5.67. The molecule has 1 unspecified atom stereocenters. The van der Waals surface area contributed by atoms with Crippen LogP contribution in [-0.4, -0.2) is 36.0 Å². The molecule has 6 heteroatoms. The number of Topliss-reactive ketones (excluding diaryl/α,β-unsaturated/α-hetero) is 1. The Balaban J connectivity index is 1.84. The van der Waals surface area contributed by atoms with E-state index in [1.165, 1.54) is 12.5 Å². The molecular weight excluding hydrogens is 406 g/mol. The molecule has 1 saturated carbocycles. The van der Waals surface area contributed by atoms with Gasteiger partial charge in [0, 0.05) is 25.5 Å². The van der Waals surface area contributed by atoms with Gasteiger partial charge in [-0.3, -0.25) is 14.4 Å². The third-order valence-electron chi connectivity index (χ3n) is 6.21. The summed E-state index contributed by atoms with van der Waals surface area (Å²) in [7, 11) is 0. The number of anilines is 1. The highest BCUT2D eigenvalue weighted by atomic mass is 16.6. The molecule has 1 aromatic rings. The highest BCUT2D eigenvalue weighted by Crippen LogP contribution is 2.47. The van der Waals surface area contributed by atoms with Crippen LogP contribution in [0.5, 0.6) is 0 Å². The van der Waals surface area contributed by atoms with E-state index < -0.39 is 23.6 Å². The average Bonchev–Trinajstić information content (AvgIpc) is 3.01. The highest BCUT2D eigenvalue weighted by molar-refractivity contribution is 5.94. The maximum atomic E-state index is 13.4. The molecular formula is C26H33NO5. The molecule has 1 N–H and O–H groups in total. The molecule has 4 atom stereocenters. The maximum Gasteiger partial charge on any atom is 0.307 e. The summed E-state index contributed by atoms with van der Waals surface area (Å²) in [5.41, 5.74) is 2.18.